The van der Waals surface area contributed by atoms with Crippen molar-refractivity contribution in [3.8, 4) is 0 Å². The number of halogens is 1. The Hall–Kier alpha value is -1.42. The summed E-state index contributed by atoms with van der Waals surface area (Å²) in [6, 6.07) is 6.75. The van der Waals surface area contributed by atoms with E-state index in [-0.39, 0.29) is 30.2 Å². The Bertz CT molecular complexity index is 436. The van der Waals surface area contributed by atoms with Crippen molar-refractivity contribution in [1.82, 2.24) is 4.90 Å². The lowest BCUT2D eigenvalue weighted by atomic mass is 9.98. The van der Waals surface area contributed by atoms with Gasteiger partial charge in [0.25, 0.3) is 0 Å². The van der Waals surface area contributed by atoms with Gasteiger partial charge in [-0.2, -0.15) is 0 Å². The Morgan fingerprint density at radius 3 is 2.89 bits per heavy atom. The highest BCUT2D eigenvalue weighted by atomic mass is 19.1. The van der Waals surface area contributed by atoms with Crippen LogP contribution >= 0.6 is 0 Å². The molecule has 2 rings (SSSR count). The number of amides is 1. The molecular weight excluding hydrogens is 231 g/mol. The zero-order valence-corrected chi connectivity index (χ0v) is 10.6. The molecule has 0 spiro atoms. The van der Waals surface area contributed by atoms with Gasteiger partial charge in [0.05, 0.1) is 6.42 Å². The zero-order chi connectivity index (χ0) is 13.1. The van der Waals surface area contributed by atoms with Gasteiger partial charge in [-0.1, -0.05) is 18.2 Å². The fourth-order valence-electron chi connectivity index (χ4n) is 2.49. The third kappa shape index (κ3) is 2.88. The van der Waals surface area contributed by atoms with Crippen LogP contribution in [0, 0.1) is 5.82 Å². The lowest BCUT2D eigenvalue weighted by Gasteiger charge is -2.36. The number of nitrogens with zero attached hydrogens (tertiary/aromatic N) is 1. The molecule has 0 bridgehead atoms. The summed E-state index contributed by atoms with van der Waals surface area (Å²) in [7, 11) is 0. The maximum Gasteiger partial charge on any atom is 0.227 e. The monoisotopic (exact) mass is 250 g/mol. The number of carbonyl (C=O) groups is 1. The van der Waals surface area contributed by atoms with E-state index in [1.165, 1.54) is 6.07 Å². The van der Waals surface area contributed by atoms with Crippen LogP contribution in [0.2, 0.25) is 0 Å². The maximum absolute atomic E-state index is 13.5. The Kier molecular flexibility index (Phi) is 3.97. The van der Waals surface area contributed by atoms with Crippen molar-refractivity contribution in [1.29, 1.82) is 0 Å². The van der Waals surface area contributed by atoms with E-state index in [2.05, 4.69) is 0 Å². The quantitative estimate of drug-likeness (QED) is 0.868. The molecule has 1 saturated heterocycles. The van der Waals surface area contributed by atoms with Gasteiger partial charge in [0, 0.05) is 18.6 Å². The topological polar surface area (TPSA) is 46.3 Å². The minimum Gasteiger partial charge on any atom is -0.340 e. The first-order valence-electron chi connectivity index (χ1n) is 6.36. The summed E-state index contributed by atoms with van der Waals surface area (Å²) in [6.07, 6.45) is 1.78. The largest absolute Gasteiger partial charge is 0.340 e. The van der Waals surface area contributed by atoms with E-state index >= 15 is 0 Å². The molecule has 0 saturated carbocycles. The summed E-state index contributed by atoms with van der Waals surface area (Å²) in [5.74, 6) is -0.327. The first-order valence-corrected chi connectivity index (χ1v) is 6.36. The van der Waals surface area contributed by atoms with E-state index in [4.69, 9.17) is 5.73 Å². The van der Waals surface area contributed by atoms with Gasteiger partial charge >= 0.3 is 0 Å². The summed E-state index contributed by atoms with van der Waals surface area (Å²) < 4.78 is 13.5. The lowest BCUT2D eigenvalue weighted by molar-refractivity contribution is -0.133. The molecule has 1 heterocycles. The summed E-state index contributed by atoms with van der Waals surface area (Å²) in [5.41, 5.74) is 6.33. The molecule has 98 valence electrons. The molecule has 1 aromatic carbocycles. The molecule has 2 unspecified atom stereocenters. The second-order valence-corrected chi connectivity index (χ2v) is 4.99. The minimum atomic E-state index is -0.313. The third-order valence-corrected chi connectivity index (χ3v) is 3.54. The number of likely N-dealkylation sites (tertiary alicyclic amines) is 1. The maximum atomic E-state index is 13.5. The number of hydrogen-bond donors (Lipinski definition) is 1. The van der Waals surface area contributed by atoms with Crippen LogP contribution in [0.5, 0.6) is 0 Å². The molecule has 1 amide bonds. The summed E-state index contributed by atoms with van der Waals surface area (Å²) in [5, 5.41) is 0. The van der Waals surface area contributed by atoms with E-state index < -0.39 is 0 Å². The molecule has 2 N–H and O–H groups in total. The Labute approximate surface area is 107 Å². The zero-order valence-electron chi connectivity index (χ0n) is 10.6. The average Bonchev–Trinajstić information content (AvgIpc) is 2.32. The molecule has 0 aliphatic carbocycles. The Morgan fingerprint density at radius 1 is 1.50 bits per heavy atom. The molecule has 1 fully saturated rings. The number of rotatable bonds is 2. The van der Waals surface area contributed by atoms with Crippen molar-refractivity contribution in [3.05, 3.63) is 35.6 Å². The van der Waals surface area contributed by atoms with Crippen LogP contribution in [0.1, 0.15) is 25.3 Å². The van der Waals surface area contributed by atoms with Gasteiger partial charge < -0.3 is 10.6 Å². The average molecular weight is 250 g/mol. The highest BCUT2D eigenvalue weighted by Crippen LogP contribution is 2.18. The van der Waals surface area contributed by atoms with Gasteiger partial charge in [-0.15, -0.1) is 0 Å². The van der Waals surface area contributed by atoms with Gasteiger partial charge in [-0.25, -0.2) is 4.39 Å². The first kappa shape index (κ1) is 13.0. The predicted octanol–water partition coefficient (Wildman–Crippen LogP) is 1.71. The third-order valence-electron chi connectivity index (χ3n) is 3.54. The van der Waals surface area contributed by atoms with Gasteiger partial charge in [0.1, 0.15) is 5.82 Å². The van der Waals surface area contributed by atoms with Crippen molar-refractivity contribution in [2.24, 2.45) is 5.73 Å². The number of piperidine rings is 1. The van der Waals surface area contributed by atoms with Crippen LogP contribution in [0.25, 0.3) is 0 Å². The normalized spacial score (nSPS) is 24.1. The van der Waals surface area contributed by atoms with Crippen LogP contribution in [0.15, 0.2) is 24.3 Å². The fourth-order valence-corrected chi connectivity index (χ4v) is 2.49. The molecule has 2 atom stereocenters. The van der Waals surface area contributed by atoms with Crippen molar-refractivity contribution >= 4 is 5.91 Å². The second kappa shape index (κ2) is 5.48. The van der Waals surface area contributed by atoms with Crippen LogP contribution in [0.4, 0.5) is 4.39 Å². The van der Waals surface area contributed by atoms with Gasteiger partial charge in [0.2, 0.25) is 5.91 Å². The number of hydrogen-bond acceptors (Lipinski definition) is 2. The molecule has 3 nitrogen and oxygen atoms in total. The van der Waals surface area contributed by atoms with Gasteiger partial charge in [0.15, 0.2) is 0 Å². The molecule has 0 radical (unpaired) electrons. The van der Waals surface area contributed by atoms with Crippen LogP contribution in [0.3, 0.4) is 0 Å². The van der Waals surface area contributed by atoms with Crippen molar-refractivity contribution in [2.75, 3.05) is 6.54 Å². The highest BCUT2D eigenvalue weighted by molar-refractivity contribution is 5.79. The summed E-state index contributed by atoms with van der Waals surface area (Å²) in [4.78, 5) is 14.0. The molecule has 1 aliphatic rings. The molecule has 4 heteroatoms. The molecule has 0 aromatic heterocycles. The molecule has 18 heavy (non-hydrogen) atoms. The molecule has 1 aliphatic heterocycles. The van der Waals surface area contributed by atoms with Crippen LogP contribution in [-0.2, 0) is 11.2 Å². The number of nitrogens with two attached hydrogens (primary N) is 1. The summed E-state index contributed by atoms with van der Waals surface area (Å²) in [6.45, 7) is 2.67. The van der Waals surface area contributed by atoms with Gasteiger partial charge in [-0.05, 0) is 31.4 Å². The van der Waals surface area contributed by atoms with Gasteiger partial charge in [-0.3, -0.25) is 4.79 Å². The second-order valence-electron chi connectivity index (χ2n) is 4.99. The standard InChI is InChI=1S/C14H19FN2O/c1-10-8-12(16)6-7-17(10)14(18)9-11-4-2-3-5-13(11)15/h2-5,10,12H,6-9,16H2,1H3. The predicted molar refractivity (Wildman–Crippen MR) is 68.5 cm³/mol. The van der Waals surface area contributed by atoms with Crippen LogP contribution in [-0.4, -0.2) is 29.4 Å². The number of carbonyl (C=O) groups excluding carboxylic acids is 1. The Morgan fingerprint density at radius 2 is 2.22 bits per heavy atom. The van der Waals surface area contributed by atoms with Crippen LogP contribution < -0.4 is 5.73 Å². The molecular formula is C14H19FN2O. The van der Waals surface area contributed by atoms with Crippen molar-refractivity contribution < 1.29 is 9.18 Å². The first-order chi connectivity index (χ1) is 8.58. The highest BCUT2D eigenvalue weighted by Gasteiger charge is 2.27. The van der Waals surface area contributed by atoms with E-state index in [0.29, 0.717) is 12.1 Å². The lowest BCUT2D eigenvalue weighted by Crippen LogP contribution is -2.48. The SMILES string of the molecule is CC1CC(N)CCN1C(=O)Cc1ccccc1F. The smallest absolute Gasteiger partial charge is 0.227 e. The molecule has 1 aromatic rings. The van der Waals surface area contributed by atoms with E-state index in [1.54, 1.807) is 18.2 Å². The van der Waals surface area contributed by atoms with E-state index in [0.717, 1.165) is 12.8 Å². The number of benzene rings is 1. The van der Waals surface area contributed by atoms with Crippen molar-refractivity contribution in [2.45, 2.75) is 38.3 Å². The summed E-state index contributed by atoms with van der Waals surface area (Å²) >= 11 is 0. The van der Waals surface area contributed by atoms with E-state index in [1.807, 2.05) is 11.8 Å². The Balaban J connectivity index is 2.02. The fraction of sp³-hybridized carbons (Fsp3) is 0.500. The minimum absolute atomic E-state index is 0.0144. The van der Waals surface area contributed by atoms with E-state index in [9.17, 15) is 9.18 Å². The van der Waals surface area contributed by atoms with Crippen molar-refractivity contribution in [3.63, 3.8) is 0 Å².